The van der Waals surface area contributed by atoms with Crippen molar-refractivity contribution >= 4 is 0 Å². The van der Waals surface area contributed by atoms with Crippen molar-refractivity contribution in [1.29, 1.82) is 0 Å². The standard InChI is InChI=1S/C8H13O2/c1-9-8(10-2)6-4-3-5-7-8/h4-6H,3,7H2,1-2H3. The van der Waals surface area contributed by atoms with Crippen LogP contribution in [0.25, 0.3) is 0 Å². The topological polar surface area (TPSA) is 18.5 Å². The van der Waals surface area contributed by atoms with Crippen molar-refractivity contribution < 1.29 is 9.47 Å². The van der Waals surface area contributed by atoms with E-state index in [0.717, 1.165) is 12.8 Å². The fraction of sp³-hybridized carbons (Fsp3) is 0.625. The van der Waals surface area contributed by atoms with Crippen LogP contribution in [-0.4, -0.2) is 20.0 Å². The molecule has 0 aromatic rings. The van der Waals surface area contributed by atoms with E-state index < -0.39 is 5.79 Å². The van der Waals surface area contributed by atoms with Crippen LogP contribution in [0, 0.1) is 6.42 Å². The molecular formula is C8H13O2. The van der Waals surface area contributed by atoms with Crippen molar-refractivity contribution in [3.63, 3.8) is 0 Å². The minimum atomic E-state index is -0.474. The summed E-state index contributed by atoms with van der Waals surface area (Å²) in [6.07, 6.45) is 8.03. The zero-order valence-corrected chi connectivity index (χ0v) is 6.46. The van der Waals surface area contributed by atoms with Crippen molar-refractivity contribution in [3.8, 4) is 0 Å². The van der Waals surface area contributed by atoms with Gasteiger partial charge < -0.3 is 9.47 Å². The quantitative estimate of drug-likeness (QED) is 0.429. The van der Waals surface area contributed by atoms with E-state index >= 15 is 0 Å². The number of hydrogen-bond donors (Lipinski definition) is 0. The van der Waals surface area contributed by atoms with Crippen LogP contribution in [0.2, 0.25) is 0 Å². The highest BCUT2D eigenvalue weighted by atomic mass is 16.7. The molecule has 0 aromatic heterocycles. The van der Waals surface area contributed by atoms with E-state index in [-0.39, 0.29) is 0 Å². The lowest BCUT2D eigenvalue weighted by atomic mass is 10.0. The van der Waals surface area contributed by atoms with Crippen LogP contribution in [-0.2, 0) is 9.47 Å². The number of methoxy groups -OCH3 is 2. The third-order valence-corrected chi connectivity index (χ3v) is 1.79. The van der Waals surface area contributed by atoms with Gasteiger partial charge in [0, 0.05) is 20.6 Å². The summed E-state index contributed by atoms with van der Waals surface area (Å²) in [5.74, 6) is -0.474. The van der Waals surface area contributed by atoms with Crippen molar-refractivity contribution in [2.75, 3.05) is 14.2 Å². The molecule has 0 spiro atoms. The van der Waals surface area contributed by atoms with Gasteiger partial charge in [-0.25, -0.2) is 0 Å². The van der Waals surface area contributed by atoms with Crippen molar-refractivity contribution in [2.24, 2.45) is 0 Å². The smallest absolute Gasteiger partial charge is 0.187 e. The second-order valence-corrected chi connectivity index (χ2v) is 2.35. The lowest BCUT2D eigenvalue weighted by molar-refractivity contribution is -0.171. The fourth-order valence-corrected chi connectivity index (χ4v) is 1.08. The zero-order chi connectivity index (χ0) is 7.45. The molecule has 0 fully saturated rings. The summed E-state index contributed by atoms with van der Waals surface area (Å²) in [4.78, 5) is 0. The molecule has 0 heterocycles. The molecule has 10 heavy (non-hydrogen) atoms. The monoisotopic (exact) mass is 141 g/mol. The average molecular weight is 141 g/mol. The minimum Gasteiger partial charge on any atom is -0.350 e. The third kappa shape index (κ3) is 1.39. The van der Waals surface area contributed by atoms with Crippen molar-refractivity contribution in [1.82, 2.24) is 0 Å². The van der Waals surface area contributed by atoms with Gasteiger partial charge >= 0.3 is 0 Å². The van der Waals surface area contributed by atoms with E-state index in [9.17, 15) is 0 Å². The second-order valence-electron chi connectivity index (χ2n) is 2.35. The Hall–Kier alpha value is -0.340. The molecule has 0 amide bonds. The van der Waals surface area contributed by atoms with E-state index in [2.05, 4.69) is 12.5 Å². The SMILES string of the molecule is COC1(OC)C=CC[CH]C1. The first kappa shape index (κ1) is 7.76. The van der Waals surface area contributed by atoms with Gasteiger partial charge in [0.05, 0.1) is 0 Å². The van der Waals surface area contributed by atoms with Crippen LogP contribution in [0.3, 0.4) is 0 Å². The molecule has 0 saturated carbocycles. The van der Waals surface area contributed by atoms with E-state index in [1.54, 1.807) is 14.2 Å². The molecule has 1 aliphatic rings. The Morgan fingerprint density at radius 3 is 2.30 bits per heavy atom. The van der Waals surface area contributed by atoms with Crippen molar-refractivity contribution in [3.05, 3.63) is 18.6 Å². The fourth-order valence-electron chi connectivity index (χ4n) is 1.08. The largest absolute Gasteiger partial charge is 0.350 e. The van der Waals surface area contributed by atoms with Gasteiger partial charge in [-0.3, -0.25) is 0 Å². The molecular weight excluding hydrogens is 128 g/mol. The lowest BCUT2D eigenvalue weighted by Crippen LogP contribution is -2.32. The van der Waals surface area contributed by atoms with Crippen LogP contribution in [0.15, 0.2) is 12.2 Å². The van der Waals surface area contributed by atoms with Crippen LogP contribution in [0.1, 0.15) is 12.8 Å². The van der Waals surface area contributed by atoms with Gasteiger partial charge in [-0.2, -0.15) is 0 Å². The molecule has 0 aliphatic heterocycles. The molecule has 1 radical (unpaired) electrons. The maximum Gasteiger partial charge on any atom is 0.187 e. The predicted octanol–water partition coefficient (Wildman–Crippen LogP) is 1.53. The van der Waals surface area contributed by atoms with E-state index in [4.69, 9.17) is 9.47 Å². The first-order valence-electron chi connectivity index (χ1n) is 3.43. The Balaban J connectivity index is 2.61. The molecule has 0 bridgehead atoms. The zero-order valence-electron chi connectivity index (χ0n) is 6.46. The van der Waals surface area contributed by atoms with Gasteiger partial charge in [-0.1, -0.05) is 6.08 Å². The molecule has 0 unspecified atom stereocenters. The summed E-state index contributed by atoms with van der Waals surface area (Å²) in [6.45, 7) is 0. The Morgan fingerprint density at radius 1 is 1.30 bits per heavy atom. The second kappa shape index (κ2) is 3.17. The van der Waals surface area contributed by atoms with Gasteiger partial charge in [0.1, 0.15) is 0 Å². The minimum absolute atomic E-state index is 0.474. The molecule has 57 valence electrons. The molecule has 0 N–H and O–H groups in total. The molecule has 0 saturated heterocycles. The maximum absolute atomic E-state index is 5.19. The van der Waals surface area contributed by atoms with Crippen molar-refractivity contribution in [2.45, 2.75) is 18.6 Å². The summed E-state index contributed by atoms with van der Waals surface area (Å²) in [7, 11) is 3.32. The van der Waals surface area contributed by atoms with Crippen LogP contribution in [0.4, 0.5) is 0 Å². The van der Waals surface area contributed by atoms with Gasteiger partial charge in [-0.15, -0.1) is 0 Å². The van der Waals surface area contributed by atoms with Crippen LogP contribution < -0.4 is 0 Å². The van der Waals surface area contributed by atoms with Gasteiger partial charge in [-0.05, 0) is 18.9 Å². The number of hydrogen-bond acceptors (Lipinski definition) is 2. The molecule has 2 nitrogen and oxygen atoms in total. The highest BCUT2D eigenvalue weighted by Crippen LogP contribution is 2.24. The number of allylic oxidation sites excluding steroid dienone is 1. The lowest BCUT2D eigenvalue weighted by Gasteiger charge is -2.29. The van der Waals surface area contributed by atoms with Gasteiger partial charge in [0.25, 0.3) is 0 Å². The summed E-state index contributed by atoms with van der Waals surface area (Å²) < 4.78 is 10.4. The predicted molar refractivity (Wildman–Crippen MR) is 39.4 cm³/mol. The molecule has 0 aromatic carbocycles. The summed E-state index contributed by atoms with van der Waals surface area (Å²) in [6, 6.07) is 0. The Bertz CT molecular complexity index is 125. The van der Waals surface area contributed by atoms with E-state index in [0.29, 0.717) is 0 Å². The third-order valence-electron chi connectivity index (χ3n) is 1.79. The molecule has 1 aliphatic carbocycles. The van der Waals surface area contributed by atoms with Crippen LogP contribution in [0.5, 0.6) is 0 Å². The summed E-state index contributed by atoms with van der Waals surface area (Å²) >= 11 is 0. The van der Waals surface area contributed by atoms with Crippen LogP contribution >= 0.6 is 0 Å². The Kier molecular flexibility index (Phi) is 2.46. The van der Waals surface area contributed by atoms with Gasteiger partial charge in [0.2, 0.25) is 0 Å². The number of ether oxygens (including phenoxy) is 2. The first-order valence-corrected chi connectivity index (χ1v) is 3.43. The summed E-state index contributed by atoms with van der Waals surface area (Å²) in [5, 5.41) is 0. The molecule has 0 atom stereocenters. The molecule has 1 rings (SSSR count). The molecule has 2 heteroatoms. The Labute approximate surface area is 61.8 Å². The highest BCUT2D eigenvalue weighted by molar-refractivity contribution is 5.05. The van der Waals surface area contributed by atoms with E-state index in [1.807, 2.05) is 6.08 Å². The highest BCUT2D eigenvalue weighted by Gasteiger charge is 2.27. The Morgan fingerprint density at radius 2 is 2.00 bits per heavy atom. The normalized spacial score (nSPS) is 23.0. The summed E-state index contributed by atoms with van der Waals surface area (Å²) in [5.41, 5.74) is 0. The number of rotatable bonds is 2. The maximum atomic E-state index is 5.19. The average Bonchev–Trinajstić information content (AvgIpc) is 2.06. The van der Waals surface area contributed by atoms with Gasteiger partial charge in [0.15, 0.2) is 5.79 Å². The van der Waals surface area contributed by atoms with E-state index in [1.165, 1.54) is 0 Å². The first-order chi connectivity index (χ1) is 4.83.